The summed E-state index contributed by atoms with van der Waals surface area (Å²) in [6.45, 7) is 3.67. The predicted molar refractivity (Wildman–Crippen MR) is 127 cm³/mol. The van der Waals surface area contributed by atoms with Crippen LogP contribution in [0.25, 0.3) is 0 Å². The van der Waals surface area contributed by atoms with Crippen molar-refractivity contribution in [2.45, 2.75) is 62.0 Å². The molecule has 1 aromatic rings. The van der Waals surface area contributed by atoms with Crippen LogP contribution in [-0.2, 0) is 33.9 Å². The van der Waals surface area contributed by atoms with Gasteiger partial charge in [0.05, 0.1) is 29.4 Å². The molecule has 2 heterocycles. The highest BCUT2D eigenvalue weighted by atomic mass is 32.2. The van der Waals surface area contributed by atoms with Crippen molar-refractivity contribution in [1.29, 1.82) is 0 Å². The molecule has 0 unspecified atom stereocenters. The Labute approximate surface area is 208 Å². The molecular weight excluding hydrogens is 498 g/mol. The molecule has 1 fully saturated rings. The molecule has 1 aromatic carbocycles. The molecule has 0 bridgehead atoms. The molecule has 3 amide bonds. The van der Waals surface area contributed by atoms with Gasteiger partial charge in [0.1, 0.15) is 5.75 Å². The first-order valence-electron chi connectivity index (χ1n) is 11.0. The normalized spacial score (nSPS) is 18.4. The second-order valence-corrected chi connectivity index (χ2v) is 12.1. The van der Waals surface area contributed by atoms with Crippen molar-refractivity contribution in [3.8, 4) is 5.75 Å². The number of benzene rings is 1. The Hall–Kier alpha value is -2.93. The number of hydrogen-bond acceptors (Lipinski definition) is 10. The van der Waals surface area contributed by atoms with Crippen LogP contribution < -0.4 is 10.2 Å². The van der Waals surface area contributed by atoms with Gasteiger partial charge in [-0.3, -0.25) is 14.4 Å². The quantitative estimate of drug-likeness (QED) is 0.214. The van der Waals surface area contributed by atoms with E-state index >= 15 is 0 Å². The number of hydrazone groups is 1. The lowest BCUT2D eigenvalue weighted by atomic mass is 10.1. The average molecular weight is 526 g/mol. The number of sulfone groups is 1. The monoisotopic (exact) mass is 525 g/mol. The minimum atomic E-state index is -3.56. The molecule has 0 aromatic heterocycles. The van der Waals surface area contributed by atoms with Crippen LogP contribution in [0.3, 0.4) is 0 Å². The van der Waals surface area contributed by atoms with E-state index in [1.807, 2.05) is 0 Å². The molecule has 0 aliphatic carbocycles. The summed E-state index contributed by atoms with van der Waals surface area (Å²) in [5.74, 6) is -2.05. The van der Waals surface area contributed by atoms with Gasteiger partial charge in [-0.15, -0.1) is 5.06 Å². The Bertz CT molecular complexity index is 1160. The largest absolute Gasteiger partial charge is 0.494 e. The number of carbonyl (C=O) groups is 4. The molecule has 35 heavy (non-hydrogen) atoms. The first-order valence-corrected chi connectivity index (χ1v) is 13.1. The highest BCUT2D eigenvalue weighted by molar-refractivity contribution is 7.91. The Kier molecular flexibility index (Phi) is 8.21. The van der Waals surface area contributed by atoms with E-state index in [2.05, 4.69) is 23.2 Å². The van der Waals surface area contributed by atoms with Gasteiger partial charge in [-0.05, 0) is 24.6 Å². The molecule has 2 aliphatic rings. The number of carbonyl (C=O) groups excluding carboxylic acids is 4. The van der Waals surface area contributed by atoms with Gasteiger partial charge in [-0.1, -0.05) is 13.8 Å². The van der Waals surface area contributed by atoms with Crippen molar-refractivity contribution in [3.63, 3.8) is 0 Å². The van der Waals surface area contributed by atoms with Crippen LogP contribution in [0.5, 0.6) is 5.75 Å². The van der Waals surface area contributed by atoms with E-state index in [0.717, 1.165) is 0 Å². The van der Waals surface area contributed by atoms with Gasteiger partial charge in [0.25, 0.3) is 11.8 Å². The summed E-state index contributed by atoms with van der Waals surface area (Å²) in [4.78, 5) is 51.7. The van der Waals surface area contributed by atoms with E-state index in [1.165, 1.54) is 6.07 Å². The molecule has 2 aliphatic heterocycles. The van der Waals surface area contributed by atoms with Gasteiger partial charge >= 0.3 is 5.97 Å². The SMILES string of the molecule is CC(C)(S)CC(=O)N/N=C1\CCS(=O)(=O)c2cc(OCCCC(=O)ON3C(=O)CCC3=O)ccc21. The molecule has 1 N–H and O–H groups in total. The number of hydrogen-bond donors (Lipinski definition) is 2. The van der Waals surface area contributed by atoms with Crippen LogP contribution in [0.2, 0.25) is 0 Å². The van der Waals surface area contributed by atoms with E-state index in [9.17, 15) is 27.6 Å². The zero-order chi connectivity index (χ0) is 25.8. The minimum Gasteiger partial charge on any atom is -0.494 e. The van der Waals surface area contributed by atoms with Gasteiger partial charge in [-0.25, -0.2) is 18.6 Å². The fraction of sp³-hybridized carbons (Fsp3) is 0.500. The lowest BCUT2D eigenvalue weighted by Crippen LogP contribution is -2.32. The van der Waals surface area contributed by atoms with Crippen molar-refractivity contribution in [3.05, 3.63) is 23.8 Å². The molecule has 3 rings (SSSR count). The van der Waals surface area contributed by atoms with Gasteiger partial charge < -0.3 is 9.57 Å². The first kappa shape index (κ1) is 26.7. The maximum Gasteiger partial charge on any atom is 0.333 e. The zero-order valence-corrected chi connectivity index (χ0v) is 21.1. The topological polar surface area (TPSA) is 149 Å². The average Bonchev–Trinajstić information content (AvgIpc) is 3.07. The van der Waals surface area contributed by atoms with Crippen molar-refractivity contribution in [1.82, 2.24) is 10.5 Å². The predicted octanol–water partition coefficient (Wildman–Crippen LogP) is 1.55. The summed E-state index contributed by atoms with van der Waals surface area (Å²) in [5, 5.41) is 4.61. The van der Waals surface area contributed by atoms with Gasteiger partial charge in [0.15, 0.2) is 9.84 Å². The number of imide groups is 1. The van der Waals surface area contributed by atoms with E-state index in [1.54, 1.807) is 26.0 Å². The summed E-state index contributed by atoms with van der Waals surface area (Å²) < 4.78 is 30.3. The summed E-state index contributed by atoms with van der Waals surface area (Å²) in [7, 11) is -3.56. The molecule has 0 saturated carbocycles. The van der Waals surface area contributed by atoms with Crippen molar-refractivity contribution in [2.24, 2.45) is 5.10 Å². The molecule has 0 spiro atoms. The maximum absolute atomic E-state index is 12.6. The number of nitrogens with zero attached hydrogens (tertiary/aromatic N) is 2. The highest BCUT2D eigenvalue weighted by Crippen LogP contribution is 2.29. The number of rotatable bonds is 9. The first-order chi connectivity index (χ1) is 16.4. The summed E-state index contributed by atoms with van der Waals surface area (Å²) in [5.41, 5.74) is 3.29. The highest BCUT2D eigenvalue weighted by Gasteiger charge is 2.33. The number of hydroxylamine groups is 2. The van der Waals surface area contributed by atoms with Crippen molar-refractivity contribution < 1.29 is 37.2 Å². The number of ether oxygens (including phenoxy) is 1. The minimum absolute atomic E-state index is 0.0170. The number of thiol groups is 1. The van der Waals surface area contributed by atoms with Gasteiger partial charge in [0, 0.05) is 36.0 Å². The van der Waals surface area contributed by atoms with Crippen molar-refractivity contribution >= 4 is 51.9 Å². The van der Waals surface area contributed by atoms with E-state index in [-0.39, 0.29) is 67.4 Å². The number of amides is 3. The summed E-state index contributed by atoms with van der Waals surface area (Å²) >= 11 is 4.31. The Balaban J connectivity index is 1.58. The molecule has 0 atom stereocenters. The lowest BCUT2D eigenvalue weighted by Gasteiger charge is -2.20. The fourth-order valence-electron chi connectivity index (χ4n) is 3.45. The van der Waals surface area contributed by atoms with E-state index < -0.39 is 32.4 Å². The van der Waals surface area contributed by atoms with Crippen LogP contribution in [0.4, 0.5) is 0 Å². The number of nitrogens with one attached hydrogen (secondary N) is 1. The second-order valence-electron chi connectivity index (χ2n) is 8.81. The van der Waals surface area contributed by atoms with Crippen LogP contribution in [0, 0.1) is 0 Å². The third-order valence-electron chi connectivity index (χ3n) is 5.11. The molecule has 190 valence electrons. The Morgan fingerprint density at radius 2 is 1.86 bits per heavy atom. The fourth-order valence-corrected chi connectivity index (χ4v) is 5.10. The summed E-state index contributed by atoms with van der Waals surface area (Å²) in [6.07, 6.45) is 0.457. The Morgan fingerprint density at radius 3 is 2.51 bits per heavy atom. The smallest absolute Gasteiger partial charge is 0.333 e. The zero-order valence-electron chi connectivity index (χ0n) is 19.4. The van der Waals surface area contributed by atoms with Crippen LogP contribution >= 0.6 is 12.6 Å². The van der Waals surface area contributed by atoms with Crippen LogP contribution in [0.1, 0.15) is 57.9 Å². The standard InChI is InChI=1S/C22H27N3O8S2/c1-22(2,34)13-18(26)24-23-16-9-11-35(30,31)17-12-14(5-6-15(16)17)32-10-3-4-21(29)33-25-19(27)7-8-20(25)28/h5-6,12,34H,3-4,7-11,13H2,1-2H3,(H,24,26)/b23-16+. The van der Waals surface area contributed by atoms with Crippen molar-refractivity contribution in [2.75, 3.05) is 12.4 Å². The maximum atomic E-state index is 12.6. The number of fused-ring (bicyclic) bond motifs is 1. The molecule has 11 nitrogen and oxygen atoms in total. The van der Waals surface area contributed by atoms with E-state index in [0.29, 0.717) is 16.3 Å². The molecule has 13 heteroatoms. The third-order valence-corrected chi connectivity index (χ3v) is 7.02. The second kappa shape index (κ2) is 10.8. The lowest BCUT2D eigenvalue weighted by molar-refractivity contribution is -0.197. The Morgan fingerprint density at radius 1 is 1.17 bits per heavy atom. The van der Waals surface area contributed by atoms with Gasteiger partial charge in [0.2, 0.25) is 5.91 Å². The third kappa shape index (κ3) is 7.28. The van der Waals surface area contributed by atoms with Crippen LogP contribution in [-0.4, -0.2) is 60.0 Å². The molecule has 1 saturated heterocycles. The van der Waals surface area contributed by atoms with Crippen LogP contribution in [0.15, 0.2) is 28.2 Å². The molecule has 0 radical (unpaired) electrons. The van der Waals surface area contributed by atoms with Gasteiger partial charge in [-0.2, -0.15) is 17.7 Å². The summed E-state index contributed by atoms with van der Waals surface area (Å²) in [6, 6.07) is 4.53. The molecular formula is C22H27N3O8S2. The van der Waals surface area contributed by atoms with E-state index in [4.69, 9.17) is 9.57 Å².